The van der Waals surface area contributed by atoms with Gasteiger partial charge < -0.3 is 9.30 Å². The Hall–Kier alpha value is -2.70. The van der Waals surface area contributed by atoms with Crippen LogP contribution in [0.4, 0.5) is 5.82 Å². The van der Waals surface area contributed by atoms with E-state index in [2.05, 4.69) is 92.9 Å². The normalized spacial score (nSPS) is 11.0. The molecule has 0 aliphatic heterocycles. The molecule has 0 radical (unpaired) electrons. The van der Waals surface area contributed by atoms with Gasteiger partial charge in [0, 0.05) is 44.6 Å². The molecule has 0 atom stereocenters. The van der Waals surface area contributed by atoms with E-state index < -0.39 is 0 Å². The van der Waals surface area contributed by atoms with Crippen LogP contribution in [0, 0.1) is 35.7 Å². The van der Waals surface area contributed by atoms with Crippen molar-refractivity contribution in [2.75, 3.05) is 12.5 Å². The average molecular weight is 499 g/mol. The van der Waals surface area contributed by atoms with E-state index >= 15 is 0 Å². The summed E-state index contributed by atoms with van der Waals surface area (Å²) in [7, 11) is 1.60. The molecule has 3 rings (SSSR count). The predicted molar refractivity (Wildman–Crippen MR) is 124 cm³/mol. The summed E-state index contributed by atoms with van der Waals surface area (Å²) in [6.45, 7) is 6.36. The Balaban J connectivity index is 1.88. The van der Waals surface area contributed by atoms with Gasteiger partial charge in [0.2, 0.25) is 0 Å². The van der Waals surface area contributed by atoms with E-state index in [1.807, 2.05) is 13.0 Å². The zero-order valence-electron chi connectivity index (χ0n) is 16.8. The second-order valence-corrected chi connectivity index (χ2v) is 7.95. The van der Waals surface area contributed by atoms with Crippen LogP contribution in [0.2, 0.25) is 0 Å². The Labute approximate surface area is 184 Å². The maximum absolute atomic E-state index is 9.52. The van der Waals surface area contributed by atoms with Crippen molar-refractivity contribution in [2.24, 2.45) is 5.10 Å². The number of anilines is 1. The SMILES string of the molecule is COCc1cc(C)nc(N/N=C\c2cc(C)n(-c3ccc(I)cc3)c2C)c1C#N. The summed E-state index contributed by atoms with van der Waals surface area (Å²) in [6, 6.07) is 14.5. The minimum atomic E-state index is 0.349. The Kier molecular flexibility index (Phi) is 6.67. The maximum Gasteiger partial charge on any atom is 0.164 e. The van der Waals surface area contributed by atoms with Gasteiger partial charge in [0.15, 0.2) is 5.82 Å². The topological polar surface area (TPSA) is 75.2 Å². The molecule has 6 nitrogen and oxygen atoms in total. The van der Waals surface area contributed by atoms with Crippen LogP contribution in [0.5, 0.6) is 0 Å². The van der Waals surface area contributed by atoms with Crippen molar-refractivity contribution in [3.8, 4) is 11.8 Å². The number of nitrogens with zero attached hydrogens (tertiary/aromatic N) is 4. The van der Waals surface area contributed by atoms with Crippen LogP contribution < -0.4 is 5.43 Å². The quantitative estimate of drug-likeness (QED) is 0.299. The highest BCUT2D eigenvalue weighted by molar-refractivity contribution is 14.1. The highest BCUT2D eigenvalue weighted by Gasteiger charge is 2.12. The number of hydrazone groups is 1. The van der Waals surface area contributed by atoms with E-state index in [1.54, 1.807) is 13.3 Å². The van der Waals surface area contributed by atoms with Crippen LogP contribution in [-0.2, 0) is 11.3 Å². The zero-order valence-corrected chi connectivity index (χ0v) is 19.0. The lowest BCUT2D eigenvalue weighted by atomic mass is 10.1. The van der Waals surface area contributed by atoms with Crippen molar-refractivity contribution in [3.05, 3.63) is 73.7 Å². The smallest absolute Gasteiger partial charge is 0.164 e. The first-order valence-electron chi connectivity index (χ1n) is 9.08. The van der Waals surface area contributed by atoms with Gasteiger partial charge in [-0.3, -0.25) is 5.43 Å². The molecule has 0 aliphatic rings. The van der Waals surface area contributed by atoms with E-state index in [1.165, 1.54) is 3.57 Å². The molecule has 3 aromatic rings. The molecule has 0 unspecified atom stereocenters. The third kappa shape index (κ3) is 4.66. The Bertz CT molecular complexity index is 1090. The summed E-state index contributed by atoms with van der Waals surface area (Å²) >= 11 is 2.30. The molecule has 1 aromatic carbocycles. The lowest BCUT2D eigenvalue weighted by molar-refractivity contribution is 0.184. The number of benzene rings is 1. The van der Waals surface area contributed by atoms with Crippen LogP contribution in [0.25, 0.3) is 5.69 Å². The maximum atomic E-state index is 9.52. The number of halogens is 1. The molecule has 0 spiro atoms. The summed E-state index contributed by atoms with van der Waals surface area (Å²) in [5.41, 5.74) is 9.28. The average Bonchev–Trinajstić information content (AvgIpc) is 2.96. The van der Waals surface area contributed by atoms with E-state index in [-0.39, 0.29) is 0 Å². The van der Waals surface area contributed by atoms with Crippen molar-refractivity contribution in [2.45, 2.75) is 27.4 Å². The number of nitriles is 1. The number of methoxy groups -OCH3 is 1. The van der Waals surface area contributed by atoms with E-state index in [9.17, 15) is 5.26 Å². The first kappa shape index (κ1) is 21.0. The predicted octanol–water partition coefficient (Wildman–Crippen LogP) is 4.87. The second kappa shape index (κ2) is 9.20. The monoisotopic (exact) mass is 499 g/mol. The molecular formula is C22H22IN5O. The number of rotatable bonds is 6. The van der Waals surface area contributed by atoms with Gasteiger partial charge in [0.1, 0.15) is 11.6 Å². The number of pyridine rings is 1. The summed E-state index contributed by atoms with van der Waals surface area (Å²) in [5.74, 6) is 0.433. The first-order valence-corrected chi connectivity index (χ1v) is 10.2. The van der Waals surface area contributed by atoms with Crippen LogP contribution >= 0.6 is 22.6 Å². The fraction of sp³-hybridized carbons (Fsp3) is 0.227. The van der Waals surface area contributed by atoms with Crippen molar-refractivity contribution in [1.82, 2.24) is 9.55 Å². The van der Waals surface area contributed by atoms with Gasteiger partial charge in [0.05, 0.1) is 12.8 Å². The lowest BCUT2D eigenvalue weighted by Crippen LogP contribution is -2.04. The van der Waals surface area contributed by atoms with Gasteiger partial charge in [-0.1, -0.05) is 0 Å². The summed E-state index contributed by atoms with van der Waals surface area (Å²) in [4.78, 5) is 4.41. The van der Waals surface area contributed by atoms with Gasteiger partial charge in [-0.05, 0) is 79.8 Å². The van der Waals surface area contributed by atoms with Crippen LogP contribution in [0.1, 0.15) is 33.8 Å². The Morgan fingerprint density at radius 1 is 1.24 bits per heavy atom. The molecule has 0 amide bonds. The molecule has 1 N–H and O–H groups in total. The fourth-order valence-electron chi connectivity index (χ4n) is 3.28. The van der Waals surface area contributed by atoms with Gasteiger partial charge in [0.25, 0.3) is 0 Å². The highest BCUT2D eigenvalue weighted by Crippen LogP contribution is 2.22. The third-order valence-corrected chi connectivity index (χ3v) is 5.29. The van der Waals surface area contributed by atoms with E-state index in [0.29, 0.717) is 18.0 Å². The van der Waals surface area contributed by atoms with Gasteiger partial charge in [-0.25, -0.2) is 4.98 Å². The molecule has 0 fully saturated rings. The zero-order chi connectivity index (χ0) is 21.0. The fourth-order valence-corrected chi connectivity index (χ4v) is 3.64. The summed E-state index contributed by atoms with van der Waals surface area (Å²) in [5, 5.41) is 13.9. The molecule has 2 aromatic heterocycles. The minimum Gasteiger partial charge on any atom is -0.380 e. The molecule has 0 aliphatic carbocycles. The second-order valence-electron chi connectivity index (χ2n) is 6.70. The Morgan fingerprint density at radius 2 is 1.97 bits per heavy atom. The van der Waals surface area contributed by atoms with Gasteiger partial charge >= 0.3 is 0 Å². The molecule has 0 bridgehead atoms. The number of nitrogens with one attached hydrogen (secondary N) is 1. The largest absolute Gasteiger partial charge is 0.380 e. The molecule has 0 saturated heterocycles. The highest BCUT2D eigenvalue weighted by atomic mass is 127. The number of hydrogen-bond acceptors (Lipinski definition) is 5. The first-order chi connectivity index (χ1) is 13.9. The minimum absolute atomic E-state index is 0.349. The number of aromatic nitrogens is 2. The van der Waals surface area contributed by atoms with Crippen LogP contribution in [0.3, 0.4) is 0 Å². The molecule has 29 heavy (non-hydrogen) atoms. The van der Waals surface area contributed by atoms with Crippen LogP contribution in [0.15, 0.2) is 41.5 Å². The summed E-state index contributed by atoms with van der Waals surface area (Å²) < 4.78 is 8.58. The molecule has 7 heteroatoms. The molecule has 2 heterocycles. The van der Waals surface area contributed by atoms with Crippen molar-refractivity contribution >= 4 is 34.6 Å². The standard InChI is InChI=1S/C22H22IN5O/c1-14-9-18(13-29-4)21(11-24)22(26-14)27-25-12-17-10-15(2)28(16(17)3)20-7-5-19(23)6-8-20/h5-10,12H,13H2,1-4H3,(H,26,27)/b25-12-. The number of aryl methyl sites for hydroxylation is 2. The third-order valence-electron chi connectivity index (χ3n) is 4.57. The summed E-state index contributed by atoms with van der Waals surface area (Å²) in [6.07, 6.45) is 1.76. The van der Waals surface area contributed by atoms with Gasteiger partial charge in [-0.2, -0.15) is 10.4 Å². The lowest BCUT2D eigenvalue weighted by Gasteiger charge is -2.10. The van der Waals surface area contributed by atoms with Gasteiger partial charge in [-0.15, -0.1) is 0 Å². The number of hydrogen-bond donors (Lipinski definition) is 1. The Morgan fingerprint density at radius 3 is 2.62 bits per heavy atom. The van der Waals surface area contributed by atoms with Crippen molar-refractivity contribution < 1.29 is 4.74 Å². The van der Waals surface area contributed by atoms with Crippen LogP contribution in [-0.4, -0.2) is 22.9 Å². The van der Waals surface area contributed by atoms with Crippen molar-refractivity contribution in [3.63, 3.8) is 0 Å². The molecule has 148 valence electrons. The van der Waals surface area contributed by atoms with Crippen molar-refractivity contribution in [1.29, 1.82) is 5.26 Å². The molecule has 0 saturated carbocycles. The van der Waals surface area contributed by atoms with E-state index in [0.717, 1.165) is 33.9 Å². The van der Waals surface area contributed by atoms with E-state index in [4.69, 9.17) is 4.74 Å². The number of ether oxygens (including phenoxy) is 1. The molecular weight excluding hydrogens is 477 g/mol.